The standard InChI is InChI=1S/C23H20ClNO4S/c1-30(27,28)21-9-4-15(5-10-21)17-6-11-22-18(12-17)13-20(29-22)14-25-23(26)16-2-7-19(24)8-3-16/h2-12,20H,13-14H2,1H3,(H,25,26)/t20-/m1/s1. The number of benzene rings is 3. The third-order valence-electron chi connectivity index (χ3n) is 5.01. The van der Waals surface area contributed by atoms with E-state index < -0.39 is 9.84 Å². The van der Waals surface area contributed by atoms with Gasteiger partial charge in [-0.1, -0.05) is 29.8 Å². The molecule has 3 aromatic carbocycles. The van der Waals surface area contributed by atoms with Crippen LogP contribution < -0.4 is 10.1 Å². The zero-order valence-corrected chi connectivity index (χ0v) is 17.8. The summed E-state index contributed by atoms with van der Waals surface area (Å²) in [4.78, 5) is 12.6. The molecule has 7 heteroatoms. The number of halogens is 1. The second-order valence-electron chi connectivity index (χ2n) is 7.28. The van der Waals surface area contributed by atoms with Crippen molar-refractivity contribution in [3.05, 3.63) is 82.9 Å². The normalized spacial score (nSPS) is 15.3. The Labute approximate surface area is 180 Å². The number of hydrogen-bond donors (Lipinski definition) is 1. The number of rotatable bonds is 5. The van der Waals surface area contributed by atoms with Crippen molar-refractivity contribution < 1.29 is 17.9 Å². The second-order valence-corrected chi connectivity index (χ2v) is 9.73. The van der Waals surface area contributed by atoms with Crippen LogP contribution in [0.1, 0.15) is 15.9 Å². The lowest BCUT2D eigenvalue weighted by atomic mass is 10.0. The fourth-order valence-corrected chi connectivity index (χ4v) is 4.17. The lowest BCUT2D eigenvalue weighted by molar-refractivity contribution is 0.0933. The van der Waals surface area contributed by atoms with Crippen molar-refractivity contribution in [3.8, 4) is 16.9 Å². The molecule has 3 aromatic rings. The Kier molecular flexibility index (Phi) is 5.54. The Morgan fingerprint density at radius 1 is 1.03 bits per heavy atom. The first-order valence-electron chi connectivity index (χ1n) is 9.43. The number of amides is 1. The number of hydrogen-bond acceptors (Lipinski definition) is 4. The Balaban J connectivity index is 1.41. The van der Waals surface area contributed by atoms with Gasteiger partial charge < -0.3 is 10.1 Å². The number of carbonyl (C=O) groups is 1. The number of sulfone groups is 1. The van der Waals surface area contributed by atoms with Gasteiger partial charge in [0.1, 0.15) is 11.9 Å². The van der Waals surface area contributed by atoms with Crippen LogP contribution in [0.4, 0.5) is 0 Å². The highest BCUT2D eigenvalue weighted by Gasteiger charge is 2.24. The summed E-state index contributed by atoms with van der Waals surface area (Å²) in [6, 6.07) is 19.5. The number of fused-ring (bicyclic) bond motifs is 1. The SMILES string of the molecule is CS(=O)(=O)c1ccc(-c2ccc3c(c2)C[C@H](CNC(=O)c2ccc(Cl)cc2)O3)cc1. The Hall–Kier alpha value is -2.83. The highest BCUT2D eigenvalue weighted by Crippen LogP contribution is 2.33. The van der Waals surface area contributed by atoms with Gasteiger partial charge in [-0.15, -0.1) is 0 Å². The largest absolute Gasteiger partial charge is 0.488 e. The van der Waals surface area contributed by atoms with Gasteiger partial charge in [0.05, 0.1) is 11.4 Å². The molecule has 0 radical (unpaired) electrons. The van der Waals surface area contributed by atoms with Crippen LogP contribution in [-0.4, -0.2) is 33.2 Å². The lowest BCUT2D eigenvalue weighted by Crippen LogP contribution is -2.34. The Bertz CT molecular complexity index is 1190. The predicted molar refractivity (Wildman–Crippen MR) is 117 cm³/mol. The van der Waals surface area contributed by atoms with Crippen LogP contribution in [0.5, 0.6) is 5.75 Å². The molecule has 5 nitrogen and oxygen atoms in total. The van der Waals surface area contributed by atoms with E-state index in [-0.39, 0.29) is 12.0 Å². The first kappa shape index (κ1) is 20.4. The van der Waals surface area contributed by atoms with Crippen LogP contribution in [0.3, 0.4) is 0 Å². The predicted octanol–water partition coefficient (Wildman–Crippen LogP) is 4.14. The monoisotopic (exact) mass is 441 g/mol. The van der Waals surface area contributed by atoms with E-state index >= 15 is 0 Å². The summed E-state index contributed by atoms with van der Waals surface area (Å²) < 4.78 is 29.2. The van der Waals surface area contributed by atoms with Crippen molar-refractivity contribution in [2.45, 2.75) is 17.4 Å². The second kappa shape index (κ2) is 8.13. The average Bonchev–Trinajstić information content (AvgIpc) is 3.14. The molecule has 0 saturated carbocycles. The van der Waals surface area contributed by atoms with Gasteiger partial charge in [0.15, 0.2) is 9.84 Å². The molecular formula is C23H20ClNO4S. The third-order valence-corrected chi connectivity index (χ3v) is 6.39. The van der Waals surface area contributed by atoms with Crippen LogP contribution in [0.25, 0.3) is 11.1 Å². The van der Waals surface area contributed by atoms with E-state index in [1.165, 1.54) is 6.26 Å². The fourth-order valence-electron chi connectivity index (χ4n) is 3.42. The van der Waals surface area contributed by atoms with E-state index in [1.807, 2.05) is 18.2 Å². The van der Waals surface area contributed by atoms with Crippen LogP contribution >= 0.6 is 11.6 Å². The quantitative estimate of drug-likeness (QED) is 0.645. The van der Waals surface area contributed by atoms with Crippen molar-refractivity contribution in [3.63, 3.8) is 0 Å². The van der Waals surface area contributed by atoms with E-state index in [1.54, 1.807) is 48.5 Å². The van der Waals surface area contributed by atoms with Crippen molar-refractivity contribution in [1.29, 1.82) is 0 Å². The van der Waals surface area contributed by atoms with Crippen LogP contribution in [0, 0.1) is 0 Å². The molecule has 1 amide bonds. The molecule has 0 aliphatic carbocycles. The van der Waals surface area contributed by atoms with Gasteiger partial charge in [0.2, 0.25) is 0 Å². The van der Waals surface area contributed by atoms with Gasteiger partial charge in [0, 0.05) is 23.3 Å². The van der Waals surface area contributed by atoms with E-state index in [9.17, 15) is 13.2 Å². The lowest BCUT2D eigenvalue weighted by Gasteiger charge is -2.12. The first-order chi connectivity index (χ1) is 14.3. The Morgan fingerprint density at radius 2 is 1.70 bits per heavy atom. The molecule has 1 N–H and O–H groups in total. The summed E-state index contributed by atoms with van der Waals surface area (Å²) >= 11 is 5.85. The van der Waals surface area contributed by atoms with Crippen molar-refractivity contribution in [2.24, 2.45) is 0 Å². The van der Waals surface area contributed by atoms with Crippen LogP contribution in [-0.2, 0) is 16.3 Å². The maximum atomic E-state index is 12.3. The van der Waals surface area contributed by atoms with Crippen molar-refractivity contribution in [1.82, 2.24) is 5.32 Å². The van der Waals surface area contributed by atoms with Gasteiger partial charge in [-0.3, -0.25) is 4.79 Å². The molecule has 1 atom stereocenters. The molecule has 0 fully saturated rings. The van der Waals surface area contributed by atoms with Crippen molar-refractivity contribution in [2.75, 3.05) is 12.8 Å². The van der Waals surface area contributed by atoms with Gasteiger partial charge in [-0.2, -0.15) is 0 Å². The van der Waals surface area contributed by atoms with Gasteiger partial charge in [0.25, 0.3) is 5.91 Å². The number of carbonyl (C=O) groups excluding carboxylic acids is 1. The molecule has 0 saturated heterocycles. The number of nitrogens with one attached hydrogen (secondary N) is 1. The van der Waals surface area contributed by atoms with E-state index in [4.69, 9.17) is 16.3 Å². The summed E-state index contributed by atoms with van der Waals surface area (Å²) in [5.74, 6) is 0.634. The molecule has 0 spiro atoms. The number of ether oxygens (including phenoxy) is 1. The van der Waals surface area contributed by atoms with Crippen LogP contribution in [0.2, 0.25) is 5.02 Å². The molecule has 0 aromatic heterocycles. The average molecular weight is 442 g/mol. The van der Waals surface area contributed by atoms with Gasteiger partial charge >= 0.3 is 0 Å². The molecular weight excluding hydrogens is 422 g/mol. The minimum atomic E-state index is -3.22. The highest BCUT2D eigenvalue weighted by atomic mass is 35.5. The maximum Gasteiger partial charge on any atom is 0.251 e. The van der Waals surface area contributed by atoms with Gasteiger partial charge in [-0.25, -0.2) is 8.42 Å². The topological polar surface area (TPSA) is 72.5 Å². The van der Waals surface area contributed by atoms with E-state index in [2.05, 4.69) is 5.32 Å². The molecule has 0 unspecified atom stereocenters. The van der Waals surface area contributed by atoms with Gasteiger partial charge in [-0.05, 0) is 65.2 Å². The summed E-state index contributed by atoms with van der Waals surface area (Å²) in [5, 5.41) is 3.48. The molecule has 1 aliphatic heterocycles. The molecule has 30 heavy (non-hydrogen) atoms. The molecule has 4 rings (SSSR count). The minimum Gasteiger partial charge on any atom is -0.488 e. The summed E-state index contributed by atoms with van der Waals surface area (Å²) in [5.41, 5.74) is 3.54. The smallest absolute Gasteiger partial charge is 0.251 e. The molecule has 154 valence electrons. The summed E-state index contributed by atoms with van der Waals surface area (Å²) in [7, 11) is -3.22. The molecule has 0 bridgehead atoms. The van der Waals surface area contributed by atoms with Crippen molar-refractivity contribution >= 4 is 27.3 Å². The maximum absolute atomic E-state index is 12.3. The zero-order chi connectivity index (χ0) is 21.3. The van der Waals surface area contributed by atoms with Crippen LogP contribution in [0.15, 0.2) is 71.6 Å². The van der Waals surface area contributed by atoms with E-state index in [0.717, 1.165) is 22.4 Å². The van der Waals surface area contributed by atoms with E-state index in [0.29, 0.717) is 28.4 Å². The molecule has 1 aliphatic rings. The summed E-state index contributed by atoms with van der Waals surface area (Å²) in [6.07, 6.45) is 1.74. The Morgan fingerprint density at radius 3 is 2.37 bits per heavy atom. The first-order valence-corrected chi connectivity index (χ1v) is 11.7. The third kappa shape index (κ3) is 4.50. The molecule has 1 heterocycles. The zero-order valence-electron chi connectivity index (χ0n) is 16.3. The fraction of sp³-hybridized carbons (Fsp3) is 0.174. The minimum absolute atomic E-state index is 0.140. The summed E-state index contributed by atoms with van der Waals surface area (Å²) in [6.45, 7) is 0.397. The highest BCUT2D eigenvalue weighted by molar-refractivity contribution is 7.90.